The van der Waals surface area contributed by atoms with Crippen LogP contribution in [0.5, 0.6) is 0 Å². The minimum atomic E-state index is -0.207. The number of hydrogen-bond donors (Lipinski definition) is 0. The number of hydrogen-bond acceptors (Lipinski definition) is 3. The van der Waals surface area contributed by atoms with Crippen LogP contribution in [-0.2, 0) is 0 Å². The summed E-state index contributed by atoms with van der Waals surface area (Å²) in [5, 5.41) is 0. The second-order valence-corrected chi connectivity index (χ2v) is 6.54. The zero-order chi connectivity index (χ0) is 15.6. The van der Waals surface area contributed by atoms with E-state index in [4.69, 9.17) is 0 Å². The van der Waals surface area contributed by atoms with Crippen LogP contribution in [0.15, 0.2) is 42.6 Å². The summed E-state index contributed by atoms with van der Waals surface area (Å²) in [7, 11) is 0. The Morgan fingerprint density at radius 2 is 1.91 bits per heavy atom. The third-order valence-electron chi connectivity index (χ3n) is 5.09. The van der Waals surface area contributed by atoms with E-state index in [1.807, 2.05) is 12.3 Å². The Morgan fingerprint density at radius 1 is 0.957 bits per heavy atom. The summed E-state index contributed by atoms with van der Waals surface area (Å²) in [5.74, 6) is 0.847. The Kier molecular flexibility index (Phi) is 4.00. The van der Waals surface area contributed by atoms with Gasteiger partial charge in [-0.3, -0.25) is 0 Å². The van der Waals surface area contributed by atoms with Crippen molar-refractivity contribution in [3.63, 3.8) is 0 Å². The van der Waals surface area contributed by atoms with Gasteiger partial charge in [0.05, 0.1) is 0 Å². The van der Waals surface area contributed by atoms with Gasteiger partial charge in [0.15, 0.2) is 0 Å². The predicted molar refractivity (Wildman–Crippen MR) is 91.1 cm³/mol. The number of rotatable bonds is 2. The van der Waals surface area contributed by atoms with Crippen molar-refractivity contribution in [2.75, 3.05) is 31.1 Å². The Bertz CT molecular complexity index is 671. The fraction of sp³-hybridized carbons (Fsp3) is 0.421. The molecule has 2 bridgehead atoms. The maximum Gasteiger partial charge on any atom is 0.128 e. The zero-order valence-corrected chi connectivity index (χ0v) is 13.3. The van der Waals surface area contributed by atoms with Gasteiger partial charge < -0.3 is 9.80 Å². The molecule has 0 N–H and O–H groups in total. The summed E-state index contributed by atoms with van der Waals surface area (Å²) in [4.78, 5) is 9.72. The van der Waals surface area contributed by atoms with Crippen molar-refractivity contribution < 1.29 is 4.39 Å². The van der Waals surface area contributed by atoms with Crippen molar-refractivity contribution in [1.82, 2.24) is 9.88 Å². The normalized spacial score (nSPS) is 24.3. The van der Waals surface area contributed by atoms with Crippen LogP contribution >= 0.6 is 0 Å². The van der Waals surface area contributed by atoms with Gasteiger partial charge in [-0.05, 0) is 55.6 Å². The van der Waals surface area contributed by atoms with Gasteiger partial charge in [0, 0.05) is 37.4 Å². The minimum absolute atomic E-state index is 0.207. The van der Waals surface area contributed by atoms with E-state index in [0.717, 1.165) is 30.0 Å². The molecule has 23 heavy (non-hydrogen) atoms. The standard InChI is InChI=1S/C19H22FN3/c20-17-4-1-3-15(13-17)16-6-7-19(21-14-16)23-12-11-22-9-2-5-18(23)8-10-22/h1,3-4,6-7,13-14,18H,2,5,8-12H2. The number of benzene rings is 1. The highest BCUT2D eigenvalue weighted by Crippen LogP contribution is 2.27. The number of anilines is 1. The third kappa shape index (κ3) is 3.08. The summed E-state index contributed by atoms with van der Waals surface area (Å²) in [6.07, 6.45) is 5.63. The highest BCUT2D eigenvalue weighted by molar-refractivity contribution is 5.64. The Labute approximate surface area is 136 Å². The van der Waals surface area contributed by atoms with E-state index < -0.39 is 0 Å². The molecule has 2 aliphatic heterocycles. The molecule has 3 heterocycles. The van der Waals surface area contributed by atoms with E-state index in [1.165, 1.54) is 38.4 Å². The Morgan fingerprint density at radius 3 is 2.74 bits per heavy atom. The SMILES string of the molecule is Fc1cccc(-c2ccc(N3CCN4CCCC3CC4)nc2)c1. The fourth-order valence-electron chi connectivity index (χ4n) is 3.80. The lowest BCUT2D eigenvalue weighted by Gasteiger charge is -2.32. The molecule has 1 aromatic carbocycles. The summed E-state index contributed by atoms with van der Waals surface area (Å²) in [6, 6.07) is 11.4. The first-order chi connectivity index (χ1) is 11.3. The van der Waals surface area contributed by atoms with E-state index in [0.29, 0.717) is 6.04 Å². The van der Waals surface area contributed by atoms with Gasteiger partial charge in [-0.1, -0.05) is 12.1 Å². The molecule has 2 saturated heterocycles. The summed E-state index contributed by atoms with van der Waals surface area (Å²) in [5.41, 5.74) is 1.84. The molecule has 2 unspecified atom stereocenters. The molecule has 4 rings (SSSR count). The third-order valence-corrected chi connectivity index (χ3v) is 5.09. The average Bonchev–Trinajstić information content (AvgIpc) is 2.91. The number of pyridine rings is 1. The van der Waals surface area contributed by atoms with Crippen LogP contribution in [0, 0.1) is 5.82 Å². The number of halogens is 1. The van der Waals surface area contributed by atoms with Crippen molar-refractivity contribution in [3.8, 4) is 11.1 Å². The summed E-state index contributed by atoms with van der Waals surface area (Å²) < 4.78 is 13.4. The quantitative estimate of drug-likeness (QED) is 0.845. The molecule has 120 valence electrons. The first-order valence-corrected chi connectivity index (χ1v) is 8.50. The fourth-order valence-corrected chi connectivity index (χ4v) is 3.80. The minimum Gasteiger partial charge on any atom is -0.352 e. The van der Waals surface area contributed by atoms with E-state index in [2.05, 4.69) is 26.9 Å². The van der Waals surface area contributed by atoms with Crippen molar-refractivity contribution in [1.29, 1.82) is 0 Å². The Balaban J connectivity index is 1.58. The Hall–Kier alpha value is -1.94. The van der Waals surface area contributed by atoms with E-state index in [1.54, 1.807) is 12.1 Å². The highest BCUT2D eigenvalue weighted by Gasteiger charge is 2.27. The van der Waals surface area contributed by atoms with Gasteiger partial charge in [-0.15, -0.1) is 0 Å². The molecule has 0 spiro atoms. The molecular weight excluding hydrogens is 289 g/mol. The van der Waals surface area contributed by atoms with E-state index >= 15 is 0 Å². The average molecular weight is 311 g/mol. The molecule has 0 radical (unpaired) electrons. The molecule has 0 aliphatic carbocycles. The topological polar surface area (TPSA) is 19.4 Å². The monoisotopic (exact) mass is 311 g/mol. The first kappa shape index (κ1) is 14.6. The van der Waals surface area contributed by atoms with Crippen LogP contribution in [0.1, 0.15) is 19.3 Å². The van der Waals surface area contributed by atoms with Crippen LogP contribution in [0.2, 0.25) is 0 Å². The van der Waals surface area contributed by atoms with Crippen molar-refractivity contribution in [2.24, 2.45) is 0 Å². The van der Waals surface area contributed by atoms with Gasteiger partial charge >= 0.3 is 0 Å². The molecule has 2 aromatic rings. The molecule has 0 saturated carbocycles. The molecule has 4 heteroatoms. The van der Waals surface area contributed by atoms with Crippen LogP contribution in [0.4, 0.5) is 10.2 Å². The first-order valence-electron chi connectivity index (χ1n) is 8.50. The molecule has 2 fully saturated rings. The number of nitrogens with zero attached hydrogens (tertiary/aromatic N) is 3. The maximum absolute atomic E-state index is 13.4. The highest BCUT2D eigenvalue weighted by atomic mass is 19.1. The van der Waals surface area contributed by atoms with Gasteiger partial charge in [0.1, 0.15) is 11.6 Å². The lowest BCUT2D eigenvalue weighted by atomic mass is 10.1. The lowest BCUT2D eigenvalue weighted by molar-refractivity contribution is 0.298. The van der Waals surface area contributed by atoms with Gasteiger partial charge in [0.2, 0.25) is 0 Å². The van der Waals surface area contributed by atoms with Gasteiger partial charge in [-0.2, -0.15) is 0 Å². The lowest BCUT2D eigenvalue weighted by Crippen LogP contribution is -2.39. The van der Waals surface area contributed by atoms with Gasteiger partial charge in [-0.25, -0.2) is 9.37 Å². The number of aromatic nitrogens is 1. The zero-order valence-electron chi connectivity index (χ0n) is 13.3. The molecule has 1 aromatic heterocycles. The largest absolute Gasteiger partial charge is 0.352 e. The molecule has 2 aliphatic rings. The molecule has 3 nitrogen and oxygen atoms in total. The van der Waals surface area contributed by atoms with Gasteiger partial charge in [0.25, 0.3) is 0 Å². The molecule has 2 atom stereocenters. The van der Waals surface area contributed by atoms with Crippen molar-refractivity contribution in [3.05, 3.63) is 48.4 Å². The van der Waals surface area contributed by atoms with Crippen LogP contribution in [0.3, 0.4) is 0 Å². The summed E-state index contributed by atoms with van der Waals surface area (Å²) in [6.45, 7) is 4.64. The molecule has 0 amide bonds. The van der Waals surface area contributed by atoms with Crippen LogP contribution in [0.25, 0.3) is 11.1 Å². The van der Waals surface area contributed by atoms with Crippen molar-refractivity contribution >= 4 is 5.82 Å². The van der Waals surface area contributed by atoms with E-state index in [9.17, 15) is 4.39 Å². The van der Waals surface area contributed by atoms with Crippen molar-refractivity contribution in [2.45, 2.75) is 25.3 Å². The smallest absolute Gasteiger partial charge is 0.128 e. The second-order valence-electron chi connectivity index (χ2n) is 6.54. The van der Waals surface area contributed by atoms with Crippen LogP contribution in [-0.4, -0.2) is 42.1 Å². The predicted octanol–water partition coefficient (Wildman–Crippen LogP) is 3.56. The summed E-state index contributed by atoms with van der Waals surface area (Å²) >= 11 is 0. The second kappa shape index (κ2) is 6.28. The maximum atomic E-state index is 13.4. The van der Waals surface area contributed by atoms with Crippen LogP contribution < -0.4 is 4.90 Å². The van der Waals surface area contributed by atoms with E-state index in [-0.39, 0.29) is 5.82 Å². The molecular formula is C19H22FN3. The number of fused-ring (bicyclic) bond motifs is 3.